The fraction of sp³-hybridized carbons (Fsp3) is 0.444. The van der Waals surface area contributed by atoms with Crippen molar-refractivity contribution < 1.29 is 19.1 Å². The molecule has 0 heterocycles. The molecule has 0 fully saturated rings. The number of allylic oxidation sites excluding steroid dienone is 2. The Labute approximate surface area is 130 Å². The Morgan fingerprint density at radius 3 is 2.91 bits per heavy atom. The Kier molecular flexibility index (Phi) is 4.01. The summed E-state index contributed by atoms with van der Waals surface area (Å²) in [6.45, 7) is 2.20. The topological polar surface area (TPSA) is 52.6 Å². The van der Waals surface area contributed by atoms with E-state index in [9.17, 15) is 9.59 Å². The highest BCUT2D eigenvalue weighted by molar-refractivity contribution is 6.00. The summed E-state index contributed by atoms with van der Waals surface area (Å²) in [5.74, 6) is 0.612. The molecule has 0 amide bonds. The second kappa shape index (κ2) is 5.95. The summed E-state index contributed by atoms with van der Waals surface area (Å²) in [5.41, 5.74) is 3.09. The minimum Gasteiger partial charge on any atom is -0.497 e. The lowest BCUT2D eigenvalue weighted by molar-refractivity contribution is -0.149. The summed E-state index contributed by atoms with van der Waals surface area (Å²) >= 11 is 0. The number of ether oxygens (including phenoxy) is 2. The van der Waals surface area contributed by atoms with Gasteiger partial charge in [0.25, 0.3) is 0 Å². The second-order valence-corrected chi connectivity index (χ2v) is 5.80. The third-order valence-electron chi connectivity index (χ3n) is 4.56. The number of hydrogen-bond donors (Lipinski definition) is 0. The van der Waals surface area contributed by atoms with Crippen LogP contribution in [-0.4, -0.2) is 25.5 Å². The maximum Gasteiger partial charge on any atom is 0.309 e. The smallest absolute Gasteiger partial charge is 0.309 e. The predicted octanol–water partition coefficient (Wildman–Crippen LogP) is 2.79. The van der Waals surface area contributed by atoms with E-state index in [2.05, 4.69) is 0 Å². The van der Waals surface area contributed by atoms with E-state index in [1.165, 1.54) is 0 Å². The lowest BCUT2D eigenvalue weighted by Crippen LogP contribution is -2.34. The minimum absolute atomic E-state index is 0.0661. The van der Waals surface area contributed by atoms with Gasteiger partial charge in [0.05, 0.1) is 19.6 Å². The SMILES string of the molecule is CCOC(=O)[C@H]1Cc2ccc(OC)cc2C2=CC(=O)CC[C@H]21. The van der Waals surface area contributed by atoms with Gasteiger partial charge in [0.2, 0.25) is 0 Å². The van der Waals surface area contributed by atoms with Crippen molar-refractivity contribution >= 4 is 17.3 Å². The molecule has 2 aliphatic carbocycles. The number of ketones is 1. The molecule has 22 heavy (non-hydrogen) atoms. The van der Waals surface area contributed by atoms with Crippen molar-refractivity contribution in [1.82, 2.24) is 0 Å². The van der Waals surface area contributed by atoms with Gasteiger partial charge in [0, 0.05) is 6.42 Å². The number of carbonyl (C=O) groups excluding carboxylic acids is 2. The molecule has 0 bridgehead atoms. The first-order valence-electron chi connectivity index (χ1n) is 7.72. The standard InChI is InChI=1S/C18H20O4/c1-3-22-18(20)17-8-11-4-6-13(21-2)10-15(11)16-9-12(19)5-7-14(16)17/h4,6,9-10,14,17H,3,5,7-8H2,1-2H3/t14-,17+/m1/s1. The fourth-order valence-electron chi connectivity index (χ4n) is 3.51. The Bertz CT molecular complexity index is 644. The van der Waals surface area contributed by atoms with Gasteiger partial charge in [-0.15, -0.1) is 0 Å². The van der Waals surface area contributed by atoms with Crippen molar-refractivity contribution in [2.75, 3.05) is 13.7 Å². The zero-order valence-corrected chi connectivity index (χ0v) is 12.9. The van der Waals surface area contributed by atoms with Crippen LogP contribution in [0.25, 0.3) is 5.57 Å². The number of hydrogen-bond acceptors (Lipinski definition) is 4. The van der Waals surface area contributed by atoms with E-state index >= 15 is 0 Å². The van der Waals surface area contributed by atoms with E-state index in [1.807, 2.05) is 25.1 Å². The molecule has 0 saturated carbocycles. The lowest BCUT2D eigenvalue weighted by Gasteiger charge is -2.36. The molecule has 0 N–H and O–H groups in total. The lowest BCUT2D eigenvalue weighted by atomic mass is 9.68. The Morgan fingerprint density at radius 1 is 1.36 bits per heavy atom. The molecule has 0 spiro atoms. The molecular formula is C18H20O4. The molecule has 2 atom stereocenters. The number of rotatable bonds is 3. The van der Waals surface area contributed by atoms with Crippen LogP contribution in [0.3, 0.4) is 0 Å². The molecule has 1 aromatic rings. The van der Waals surface area contributed by atoms with Gasteiger partial charge in [-0.2, -0.15) is 0 Å². The highest BCUT2D eigenvalue weighted by atomic mass is 16.5. The van der Waals surface area contributed by atoms with E-state index in [-0.39, 0.29) is 23.6 Å². The van der Waals surface area contributed by atoms with Gasteiger partial charge < -0.3 is 9.47 Å². The van der Waals surface area contributed by atoms with Gasteiger partial charge in [-0.25, -0.2) is 0 Å². The van der Waals surface area contributed by atoms with Gasteiger partial charge in [-0.3, -0.25) is 9.59 Å². The summed E-state index contributed by atoms with van der Waals surface area (Å²) in [5, 5.41) is 0. The molecule has 0 saturated heterocycles. The average Bonchev–Trinajstić information content (AvgIpc) is 2.53. The van der Waals surface area contributed by atoms with Crippen molar-refractivity contribution in [1.29, 1.82) is 0 Å². The number of benzene rings is 1. The number of fused-ring (bicyclic) bond motifs is 3. The first kappa shape index (κ1) is 14.8. The van der Waals surface area contributed by atoms with E-state index in [4.69, 9.17) is 9.47 Å². The summed E-state index contributed by atoms with van der Waals surface area (Å²) in [4.78, 5) is 24.2. The van der Waals surface area contributed by atoms with Gasteiger partial charge in [0.15, 0.2) is 5.78 Å². The summed E-state index contributed by atoms with van der Waals surface area (Å²) in [7, 11) is 1.63. The fourth-order valence-corrected chi connectivity index (χ4v) is 3.51. The molecule has 0 radical (unpaired) electrons. The molecule has 4 nitrogen and oxygen atoms in total. The molecule has 2 aliphatic rings. The monoisotopic (exact) mass is 300 g/mol. The van der Waals surface area contributed by atoms with E-state index in [0.29, 0.717) is 25.9 Å². The highest BCUT2D eigenvalue weighted by Crippen LogP contribution is 2.45. The van der Waals surface area contributed by atoms with Crippen molar-refractivity contribution in [3.05, 3.63) is 35.4 Å². The van der Waals surface area contributed by atoms with Crippen LogP contribution in [0.5, 0.6) is 5.75 Å². The summed E-state index contributed by atoms with van der Waals surface area (Å²) in [6, 6.07) is 5.84. The number of methoxy groups -OCH3 is 1. The Balaban J connectivity index is 2.06. The van der Waals surface area contributed by atoms with Crippen LogP contribution in [0.1, 0.15) is 30.9 Å². The number of carbonyl (C=O) groups is 2. The molecule has 1 aromatic carbocycles. The third kappa shape index (κ3) is 2.54. The second-order valence-electron chi connectivity index (χ2n) is 5.80. The quantitative estimate of drug-likeness (QED) is 0.806. The zero-order valence-electron chi connectivity index (χ0n) is 12.9. The van der Waals surface area contributed by atoms with Crippen LogP contribution in [-0.2, 0) is 20.7 Å². The van der Waals surface area contributed by atoms with Crippen molar-refractivity contribution in [3.63, 3.8) is 0 Å². The van der Waals surface area contributed by atoms with Crippen molar-refractivity contribution in [3.8, 4) is 5.75 Å². The highest BCUT2D eigenvalue weighted by Gasteiger charge is 2.39. The van der Waals surface area contributed by atoms with Crippen LogP contribution in [0, 0.1) is 11.8 Å². The van der Waals surface area contributed by atoms with Crippen molar-refractivity contribution in [2.24, 2.45) is 11.8 Å². The van der Waals surface area contributed by atoms with Gasteiger partial charge in [0.1, 0.15) is 5.75 Å². The molecule has 116 valence electrons. The van der Waals surface area contributed by atoms with Crippen LogP contribution < -0.4 is 4.74 Å². The van der Waals surface area contributed by atoms with Crippen LogP contribution in [0.15, 0.2) is 24.3 Å². The molecular weight excluding hydrogens is 280 g/mol. The normalized spacial score (nSPS) is 23.2. The predicted molar refractivity (Wildman–Crippen MR) is 82.5 cm³/mol. The maximum absolute atomic E-state index is 12.3. The average molecular weight is 300 g/mol. The minimum atomic E-state index is -0.194. The van der Waals surface area contributed by atoms with E-state index < -0.39 is 0 Å². The molecule has 3 rings (SSSR count). The Morgan fingerprint density at radius 2 is 2.18 bits per heavy atom. The first-order chi connectivity index (χ1) is 10.6. The molecule has 4 heteroatoms. The van der Waals surface area contributed by atoms with Gasteiger partial charge in [-0.1, -0.05) is 6.07 Å². The zero-order chi connectivity index (χ0) is 15.7. The van der Waals surface area contributed by atoms with E-state index in [1.54, 1.807) is 13.2 Å². The van der Waals surface area contributed by atoms with Gasteiger partial charge >= 0.3 is 5.97 Å². The maximum atomic E-state index is 12.3. The van der Waals surface area contributed by atoms with Crippen molar-refractivity contribution in [2.45, 2.75) is 26.2 Å². The third-order valence-corrected chi connectivity index (χ3v) is 4.56. The van der Waals surface area contributed by atoms with Crippen LogP contribution >= 0.6 is 0 Å². The first-order valence-corrected chi connectivity index (χ1v) is 7.72. The summed E-state index contributed by atoms with van der Waals surface area (Å²) < 4.78 is 10.5. The van der Waals surface area contributed by atoms with Crippen LogP contribution in [0.2, 0.25) is 0 Å². The van der Waals surface area contributed by atoms with Crippen LogP contribution in [0.4, 0.5) is 0 Å². The molecule has 0 aliphatic heterocycles. The summed E-state index contributed by atoms with van der Waals surface area (Å²) in [6.07, 6.45) is 3.58. The largest absolute Gasteiger partial charge is 0.497 e. The number of esters is 1. The Hall–Kier alpha value is -2.10. The molecule has 0 unspecified atom stereocenters. The molecule has 0 aromatic heterocycles. The van der Waals surface area contributed by atoms with E-state index in [0.717, 1.165) is 22.4 Å². The van der Waals surface area contributed by atoms with Gasteiger partial charge in [-0.05, 0) is 60.6 Å².